The van der Waals surface area contributed by atoms with Crippen LogP contribution in [0.2, 0.25) is 0 Å². The molecule has 0 atom stereocenters. The van der Waals surface area contributed by atoms with Crippen molar-refractivity contribution < 1.29 is 4.79 Å². The average Bonchev–Trinajstić information content (AvgIpc) is 2.15. The van der Waals surface area contributed by atoms with Crippen molar-refractivity contribution in [1.29, 1.82) is 0 Å². The van der Waals surface area contributed by atoms with E-state index < -0.39 is 0 Å². The third-order valence-electron chi connectivity index (χ3n) is 1.50. The minimum absolute atomic E-state index is 0.249. The molecule has 2 amide bonds. The van der Waals surface area contributed by atoms with Gasteiger partial charge in [0.1, 0.15) is 0 Å². The first-order valence-electron chi connectivity index (χ1n) is 4.28. The molecular weight excluding hydrogens is 178 g/mol. The molecule has 2 N–H and O–H groups in total. The topological polar surface area (TPSA) is 54.0 Å². The molecule has 0 fully saturated rings. The molecule has 4 heteroatoms. The van der Waals surface area contributed by atoms with Gasteiger partial charge in [-0.05, 0) is 18.6 Å². The van der Waals surface area contributed by atoms with Gasteiger partial charge in [-0.3, -0.25) is 4.98 Å². The van der Waals surface area contributed by atoms with E-state index in [9.17, 15) is 4.79 Å². The maximum atomic E-state index is 11.1. The molecule has 0 saturated heterocycles. The number of hydrogen-bond donors (Lipinski definition) is 2. The van der Waals surface area contributed by atoms with Crippen molar-refractivity contribution >= 4 is 6.03 Å². The van der Waals surface area contributed by atoms with Crippen molar-refractivity contribution in [1.82, 2.24) is 15.6 Å². The molecule has 1 heterocycles. The van der Waals surface area contributed by atoms with Gasteiger partial charge in [0.2, 0.25) is 0 Å². The highest BCUT2D eigenvalue weighted by Crippen LogP contribution is 1.93. The SMILES string of the molecule is C=C(C)NC(=O)NCc1cccnc1. The maximum Gasteiger partial charge on any atom is 0.319 e. The van der Waals surface area contributed by atoms with Crippen LogP contribution in [0.25, 0.3) is 0 Å². The summed E-state index contributed by atoms with van der Waals surface area (Å²) >= 11 is 0. The summed E-state index contributed by atoms with van der Waals surface area (Å²) in [4.78, 5) is 15.1. The second-order valence-corrected chi connectivity index (χ2v) is 2.95. The number of carbonyl (C=O) groups excluding carboxylic acids is 1. The Morgan fingerprint density at radius 2 is 2.43 bits per heavy atom. The number of nitrogens with one attached hydrogen (secondary N) is 2. The van der Waals surface area contributed by atoms with Crippen molar-refractivity contribution in [2.75, 3.05) is 0 Å². The molecule has 1 aromatic rings. The number of nitrogens with zero attached hydrogens (tertiary/aromatic N) is 1. The van der Waals surface area contributed by atoms with Gasteiger partial charge in [0.05, 0.1) is 0 Å². The normalized spacial score (nSPS) is 9.21. The van der Waals surface area contributed by atoms with Crippen LogP contribution in [-0.4, -0.2) is 11.0 Å². The van der Waals surface area contributed by atoms with Gasteiger partial charge >= 0.3 is 6.03 Å². The quantitative estimate of drug-likeness (QED) is 0.759. The van der Waals surface area contributed by atoms with Crippen LogP contribution in [0.3, 0.4) is 0 Å². The molecule has 4 nitrogen and oxygen atoms in total. The Labute approximate surface area is 83.0 Å². The predicted molar refractivity (Wildman–Crippen MR) is 54.4 cm³/mol. The summed E-state index contributed by atoms with van der Waals surface area (Å²) in [7, 11) is 0. The van der Waals surface area contributed by atoms with Crippen LogP contribution < -0.4 is 10.6 Å². The summed E-state index contributed by atoms with van der Waals surface area (Å²) in [5, 5.41) is 5.23. The minimum atomic E-state index is -0.249. The third-order valence-corrected chi connectivity index (χ3v) is 1.50. The van der Waals surface area contributed by atoms with Crippen LogP contribution in [-0.2, 0) is 6.54 Å². The van der Waals surface area contributed by atoms with E-state index in [4.69, 9.17) is 0 Å². The lowest BCUT2D eigenvalue weighted by atomic mass is 10.3. The third kappa shape index (κ3) is 3.71. The van der Waals surface area contributed by atoms with Crippen molar-refractivity contribution in [3.8, 4) is 0 Å². The molecule has 0 aromatic carbocycles. The van der Waals surface area contributed by atoms with E-state index in [0.29, 0.717) is 12.2 Å². The first-order valence-corrected chi connectivity index (χ1v) is 4.28. The van der Waals surface area contributed by atoms with Gasteiger partial charge in [-0.2, -0.15) is 0 Å². The number of rotatable bonds is 3. The van der Waals surface area contributed by atoms with Crippen molar-refractivity contribution in [3.05, 3.63) is 42.4 Å². The Kier molecular flexibility index (Phi) is 3.67. The Morgan fingerprint density at radius 3 is 3.00 bits per heavy atom. The number of allylic oxidation sites excluding steroid dienone is 1. The summed E-state index contributed by atoms with van der Waals surface area (Å²) in [6.45, 7) is 5.76. The van der Waals surface area contributed by atoms with Gasteiger partial charge in [0.15, 0.2) is 0 Å². The van der Waals surface area contributed by atoms with Gasteiger partial charge in [-0.25, -0.2) is 4.79 Å². The number of carbonyl (C=O) groups is 1. The smallest absolute Gasteiger partial charge is 0.319 e. The molecule has 0 spiro atoms. The molecule has 74 valence electrons. The molecule has 1 rings (SSSR count). The Balaban J connectivity index is 2.34. The van der Waals surface area contributed by atoms with Gasteiger partial charge in [-0.1, -0.05) is 12.6 Å². The highest BCUT2D eigenvalue weighted by Gasteiger charge is 1.98. The number of aromatic nitrogens is 1. The van der Waals surface area contributed by atoms with Crippen molar-refractivity contribution in [2.24, 2.45) is 0 Å². The largest absolute Gasteiger partial charge is 0.334 e. The molecule has 0 bridgehead atoms. The molecular formula is C10H13N3O. The number of urea groups is 1. The van der Waals surface area contributed by atoms with E-state index in [1.807, 2.05) is 12.1 Å². The molecule has 0 unspecified atom stereocenters. The zero-order valence-corrected chi connectivity index (χ0v) is 8.08. The van der Waals surface area contributed by atoms with E-state index in [2.05, 4.69) is 22.2 Å². The van der Waals surface area contributed by atoms with E-state index >= 15 is 0 Å². The summed E-state index contributed by atoms with van der Waals surface area (Å²) in [6, 6.07) is 3.48. The van der Waals surface area contributed by atoms with Crippen LogP contribution in [0, 0.1) is 0 Å². The molecule has 14 heavy (non-hydrogen) atoms. The van der Waals surface area contributed by atoms with Gasteiger partial charge in [-0.15, -0.1) is 0 Å². The molecule has 0 aliphatic rings. The average molecular weight is 191 g/mol. The maximum absolute atomic E-state index is 11.1. The lowest BCUT2D eigenvalue weighted by Crippen LogP contribution is -2.33. The van der Waals surface area contributed by atoms with Crippen LogP contribution in [0.4, 0.5) is 4.79 Å². The first kappa shape index (κ1) is 10.2. The highest BCUT2D eigenvalue weighted by molar-refractivity contribution is 5.75. The molecule has 0 saturated carbocycles. The van der Waals surface area contributed by atoms with E-state index in [-0.39, 0.29) is 6.03 Å². The zero-order chi connectivity index (χ0) is 10.4. The van der Waals surface area contributed by atoms with Crippen LogP contribution in [0.5, 0.6) is 0 Å². The standard InChI is InChI=1S/C10H13N3O/c1-8(2)13-10(14)12-7-9-4-3-5-11-6-9/h3-6H,1,7H2,2H3,(H2,12,13,14). The zero-order valence-electron chi connectivity index (χ0n) is 8.08. The Morgan fingerprint density at radius 1 is 1.64 bits per heavy atom. The van der Waals surface area contributed by atoms with E-state index in [1.54, 1.807) is 19.3 Å². The number of amides is 2. The Hall–Kier alpha value is -1.84. The van der Waals surface area contributed by atoms with Gasteiger partial charge < -0.3 is 10.6 Å². The molecule has 0 aliphatic carbocycles. The fourth-order valence-corrected chi connectivity index (χ4v) is 0.923. The summed E-state index contributed by atoms with van der Waals surface area (Å²) in [6.07, 6.45) is 3.40. The lowest BCUT2D eigenvalue weighted by Gasteiger charge is -2.06. The second-order valence-electron chi connectivity index (χ2n) is 2.95. The summed E-state index contributed by atoms with van der Waals surface area (Å²) in [5.41, 5.74) is 1.58. The second kappa shape index (κ2) is 5.01. The molecule has 0 aliphatic heterocycles. The van der Waals surface area contributed by atoms with Crippen molar-refractivity contribution in [2.45, 2.75) is 13.5 Å². The Bertz CT molecular complexity index is 321. The van der Waals surface area contributed by atoms with Gasteiger partial charge in [0, 0.05) is 24.6 Å². The molecule has 0 radical (unpaired) electrons. The number of hydrogen-bond acceptors (Lipinski definition) is 2. The van der Waals surface area contributed by atoms with E-state index in [1.165, 1.54) is 0 Å². The fourth-order valence-electron chi connectivity index (χ4n) is 0.923. The van der Waals surface area contributed by atoms with Crippen LogP contribution in [0.1, 0.15) is 12.5 Å². The van der Waals surface area contributed by atoms with Crippen LogP contribution >= 0.6 is 0 Å². The summed E-state index contributed by atoms with van der Waals surface area (Å²) < 4.78 is 0. The van der Waals surface area contributed by atoms with Crippen LogP contribution in [0.15, 0.2) is 36.8 Å². The lowest BCUT2D eigenvalue weighted by molar-refractivity contribution is 0.243. The van der Waals surface area contributed by atoms with E-state index in [0.717, 1.165) is 5.56 Å². The van der Waals surface area contributed by atoms with Crippen molar-refractivity contribution in [3.63, 3.8) is 0 Å². The first-order chi connectivity index (χ1) is 6.68. The van der Waals surface area contributed by atoms with Gasteiger partial charge in [0.25, 0.3) is 0 Å². The highest BCUT2D eigenvalue weighted by atomic mass is 16.2. The monoisotopic (exact) mass is 191 g/mol. The number of pyridine rings is 1. The minimum Gasteiger partial charge on any atom is -0.334 e. The predicted octanol–water partition coefficient (Wildman–Crippen LogP) is 1.41. The molecule has 1 aromatic heterocycles. The summed E-state index contributed by atoms with van der Waals surface area (Å²) in [5.74, 6) is 0. The fraction of sp³-hybridized carbons (Fsp3) is 0.200.